The zero-order valence-electron chi connectivity index (χ0n) is 9.29. The minimum atomic E-state index is 0.554. The molecule has 0 saturated carbocycles. The Kier molecular flexibility index (Phi) is 4.73. The Morgan fingerprint density at radius 2 is 2.14 bits per heavy atom. The van der Waals surface area contributed by atoms with Crippen molar-refractivity contribution < 1.29 is 0 Å². The van der Waals surface area contributed by atoms with Gasteiger partial charge in [-0.25, -0.2) is 0 Å². The molecular formula is C10H22N4. The van der Waals surface area contributed by atoms with E-state index in [9.17, 15) is 0 Å². The number of piperidine rings is 1. The summed E-state index contributed by atoms with van der Waals surface area (Å²) < 4.78 is 0. The smallest absolute Gasteiger partial charge is 0.188 e. The second-order valence-electron chi connectivity index (χ2n) is 4.07. The van der Waals surface area contributed by atoms with Gasteiger partial charge in [-0.15, -0.1) is 0 Å². The Morgan fingerprint density at radius 3 is 2.71 bits per heavy atom. The van der Waals surface area contributed by atoms with E-state index in [0.29, 0.717) is 5.96 Å². The number of hydrogen-bond acceptors (Lipinski definition) is 2. The summed E-state index contributed by atoms with van der Waals surface area (Å²) in [7, 11) is 3.90. The predicted molar refractivity (Wildman–Crippen MR) is 60.4 cm³/mol. The molecule has 0 radical (unpaired) electrons. The molecule has 1 fully saturated rings. The summed E-state index contributed by atoms with van der Waals surface area (Å²) in [6, 6.07) is 0. The number of nitrogens with two attached hydrogens (primary N) is 1. The lowest BCUT2D eigenvalue weighted by molar-refractivity contribution is 0.213. The van der Waals surface area contributed by atoms with Gasteiger partial charge in [0.25, 0.3) is 0 Å². The van der Waals surface area contributed by atoms with Crippen molar-refractivity contribution in [2.24, 2.45) is 16.6 Å². The monoisotopic (exact) mass is 198 g/mol. The molecule has 1 rings (SSSR count). The maximum atomic E-state index is 5.54. The van der Waals surface area contributed by atoms with Gasteiger partial charge in [-0.3, -0.25) is 4.99 Å². The maximum Gasteiger partial charge on any atom is 0.188 e. The number of aliphatic imine (C=N–C) groups is 1. The summed E-state index contributed by atoms with van der Waals surface area (Å²) in [5, 5.41) is 3.10. The van der Waals surface area contributed by atoms with E-state index in [2.05, 4.69) is 22.3 Å². The van der Waals surface area contributed by atoms with Gasteiger partial charge in [0, 0.05) is 13.6 Å². The molecule has 4 heteroatoms. The zero-order valence-corrected chi connectivity index (χ0v) is 9.29. The van der Waals surface area contributed by atoms with Crippen molar-refractivity contribution in [1.29, 1.82) is 0 Å². The molecule has 0 amide bonds. The summed E-state index contributed by atoms with van der Waals surface area (Å²) in [5.41, 5.74) is 5.54. The van der Waals surface area contributed by atoms with Crippen molar-refractivity contribution >= 4 is 5.96 Å². The van der Waals surface area contributed by atoms with Crippen molar-refractivity contribution in [2.45, 2.75) is 19.3 Å². The van der Waals surface area contributed by atoms with Gasteiger partial charge >= 0.3 is 0 Å². The molecule has 82 valence electrons. The Labute approximate surface area is 86.6 Å². The Morgan fingerprint density at radius 1 is 1.50 bits per heavy atom. The largest absolute Gasteiger partial charge is 0.370 e. The molecule has 0 aromatic rings. The highest BCUT2D eigenvalue weighted by Crippen LogP contribution is 2.18. The highest BCUT2D eigenvalue weighted by molar-refractivity contribution is 5.77. The average molecular weight is 198 g/mol. The van der Waals surface area contributed by atoms with E-state index in [1.165, 1.54) is 32.4 Å². The molecule has 0 spiro atoms. The van der Waals surface area contributed by atoms with Gasteiger partial charge in [0.2, 0.25) is 0 Å². The first-order chi connectivity index (χ1) is 6.72. The second kappa shape index (κ2) is 5.86. The lowest BCUT2D eigenvalue weighted by Crippen LogP contribution is -2.35. The van der Waals surface area contributed by atoms with Crippen molar-refractivity contribution in [2.75, 3.05) is 33.7 Å². The topological polar surface area (TPSA) is 53.6 Å². The molecule has 0 aromatic carbocycles. The number of hydrogen-bond donors (Lipinski definition) is 2. The van der Waals surface area contributed by atoms with E-state index in [-0.39, 0.29) is 0 Å². The third kappa shape index (κ3) is 3.96. The van der Waals surface area contributed by atoms with E-state index >= 15 is 0 Å². The van der Waals surface area contributed by atoms with Crippen molar-refractivity contribution in [3.8, 4) is 0 Å². The molecule has 1 aliphatic heterocycles. The normalized spacial score (nSPS) is 21.1. The van der Waals surface area contributed by atoms with Gasteiger partial charge in [0.1, 0.15) is 0 Å². The molecule has 3 N–H and O–H groups in total. The number of nitrogens with zero attached hydrogens (tertiary/aromatic N) is 2. The maximum absolute atomic E-state index is 5.54. The first-order valence-electron chi connectivity index (χ1n) is 5.37. The Bertz CT molecular complexity index is 183. The summed E-state index contributed by atoms with van der Waals surface area (Å²) in [6.07, 6.45) is 3.85. The summed E-state index contributed by atoms with van der Waals surface area (Å²) in [6.45, 7) is 3.43. The highest BCUT2D eigenvalue weighted by Gasteiger charge is 2.15. The van der Waals surface area contributed by atoms with Crippen LogP contribution in [-0.4, -0.2) is 44.6 Å². The molecule has 0 atom stereocenters. The van der Waals surface area contributed by atoms with E-state index in [1.54, 1.807) is 7.05 Å². The fraction of sp³-hybridized carbons (Fsp3) is 0.900. The molecule has 1 heterocycles. The zero-order chi connectivity index (χ0) is 10.4. The molecule has 1 saturated heterocycles. The first-order valence-corrected chi connectivity index (χ1v) is 5.37. The summed E-state index contributed by atoms with van der Waals surface area (Å²) in [4.78, 5) is 6.25. The Hall–Kier alpha value is -0.770. The number of likely N-dealkylation sites (tertiary alicyclic amines) is 1. The molecule has 4 nitrogen and oxygen atoms in total. The molecule has 1 aliphatic rings. The van der Waals surface area contributed by atoms with Crippen LogP contribution in [0.4, 0.5) is 0 Å². The third-order valence-electron chi connectivity index (χ3n) is 2.94. The lowest BCUT2D eigenvalue weighted by atomic mass is 9.94. The molecule has 0 aliphatic carbocycles. The van der Waals surface area contributed by atoms with Crippen molar-refractivity contribution in [3.63, 3.8) is 0 Å². The van der Waals surface area contributed by atoms with Crippen LogP contribution < -0.4 is 11.1 Å². The van der Waals surface area contributed by atoms with Gasteiger partial charge in [0.05, 0.1) is 0 Å². The van der Waals surface area contributed by atoms with Crippen LogP contribution in [0.1, 0.15) is 19.3 Å². The van der Waals surface area contributed by atoms with Crippen LogP contribution in [0.25, 0.3) is 0 Å². The fourth-order valence-electron chi connectivity index (χ4n) is 1.83. The fourth-order valence-corrected chi connectivity index (χ4v) is 1.83. The average Bonchev–Trinajstić information content (AvgIpc) is 2.21. The minimum Gasteiger partial charge on any atom is -0.370 e. The predicted octanol–water partition coefficient (Wildman–Crippen LogP) is 0.252. The van der Waals surface area contributed by atoms with Crippen LogP contribution in [0.2, 0.25) is 0 Å². The number of guanidine groups is 1. The first kappa shape index (κ1) is 11.3. The van der Waals surface area contributed by atoms with Gasteiger partial charge < -0.3 is 16.0 Å². The van der Waals surface area contributed by atoms with Crippen LogP contribution in [0, 0.1) is 5.92 Å². The van der Waals surface area contributed by atoms with E-state index in [1.807, 2.05) is 0 Å². The van der Waals surface area contributed by atoms with Crippen molar-refractivity contribution in [1.82, 2.24) is 10.2 Å². The molecular weight excluding hydrogens is 176 g/mol. The summed E-state index contributed by atoms with van der Waals surface area (Å²) >= 11 is 0. The second-order valence-corrected chi connectivity index (χ2v) is 4.07. The van der Waals surface area contributed by atoms with Gasteiger partial charge in [-0.1, -0.05) is 0 Å². The van der Waals surface area contributed by atoms with E-state index < -0.39 is 0 Å². The molecule has 14 heavy (non-hydrogen) atoms. The number of nitrogens with one attached hydrogen (secondary N) is 1. The third-order valence-corrected chi connectivity index (χ3v) is 2.94. The molecule has 0 unspecified atom stereocenters. The summed E-state index contributed by atoms with van der Waals surface area (Å²) in [5.74, 6) is 1.42. The van der Waals surface area contributed by atoms with Crippen LogP contribution >= 0.6 is 0 Å². The standard InChI is InChI=1S/C10H22N4/c1-12-10(11)13-6-3-9-4-7-14(2)8-5-9/h9H,3-8H2,1-2H3,(H3,11,12,13). The van der Waals surface area contributed by atoms with Gasteiger partial charge in [-0.05, 0) is 45.3 Å². The van der Waals surface area contributed by atoms with Crippen LogP contribution in [0.3, 0.4) is 0 Å². The lowest BCUT2D eigenvalue weighted by Gasteiger charge is -2.28. The quantitative estimate of drug-likeness (QED) is 0.505. The Balaban J connectivity index is 2.07. The van der Waals surface area contributed by atoms with Gasteiger partial charge in [-0.2, -0.15) is 0 Å². The van der Waals surface area contributed by atoms with E-state index in [0.717, 1.165) is 12.5 Å². The molecule has 0 aromatic heterocycles. The van der Waals surface area contributed by atoms with Gasteiger partial charge in [0.15, 0.2) is 5.96 Å². The SMILES string of the molecule is CN=C(N)NCCC1CCN(C)CC1. The molecule has 0 bridgehead atoms. The number of rotatable bonds is 3. The van der Waals surface area contributed by atoms with Crippen LogP contribution in [0.15, 0.2) is 4.99 Å². The van der Waals surface area contributed by atoms with Crippen LogP contribution in [-0.2, 0) is 0 Å². The van der Waals surface area contributed by atoms with Crippen molar-refractivity contribution in [3.05, 3.63) is 0 Å². The van der Waals surface area contributed by atoms with E-state index in [4.69, 9.17) is 5.73 Å². The van der Waals surface area contributed by atoms with Crippen LogP contribution in [0.5, 0.6) is 0 Å². The minimum absolute atomic E-state index is 0.554. The highest BCUT2D eigenvalue weighted by atomic mass is 15.1.